The van der Waals surface area contributed by atoms with E-state index in [9.17, 15) is 14.4 Å². The van der Waals surface area contributed by atoms with Gasteiger partial charge in [-0.1, -0.05) is 41.0 Å². The average molecular weight is 402 g/mol. The molecule has 0 aliphatic carbocycles. The molecule has 0 spiro atoms. The summed E-state index contributed by atoms with van der Waals surface area (Å²) in [5, 5.41) is 8.49. The third kappa shape index (κ3) is 4.94. The van der Waals surface area contributed by atoms with Gasteiger partial charge in [-0.3, -0.25) is 14.2 Å². The van der Waals surface area contributed by atoms with Gasteiger partial charge in [-0.15, -0.1) is 0 Å². The molecule has 0 saturated heterocycles. The topological polar surface area (TPSA) is 98.3 Å². The van der Waals surface area contributed by atoms with Gasteiger partial charge in [0.25, 0.3) is 5.56 Å². The molecule has 2 rings (SSSR count). The average Bonchev–Trinajstić information content (AvgIpc) is 2.58. The van der Waals surface area contributed by atoms with Crippen LogP contribution in [0.1, 0.15) is 5.56 Å². The van der Waals surface area contributed by atoms with Crippen LogP contribution < -0.4 is 16.7 Å². The monoisotopic (exact) mass is 401 g/mol. The van der Waals surface area contributed by atoms with Crippen molar-refractivity contribution in [3.05, 3.63) is 54.6 Å². The van der Waals surface area contributed by atoms with Crippen molar-refractivity contribution in [2.45, 2.75) is 5.03 Å². The lowest BCUT2D eigenvalue weighted by atomic mass is 10.2. The zero-order chi connectivity index (χ0) is 18.6. The first-order valence-electron chi connectivity index (χ1n) is 6.83. The van der Waals surface area contributed by atoms with Gasteiger partial charge in [-0.05, 0) is 17.7 Å². The maximum atomic E-state index is 11.9. The normalized spacial score (nSPS) is 11.0. The molecule has 0 aliphatic heterocycles. The standard InChI is InChI=1S/C14H13Cl2N5O3S/c1-20-13(23)12(19-21(2)14(20)24)25-7-11(22)18-17-6-8-3-4-9(15)10(16)5-8/h3-6H,7H2,1-2H3,(H,18,22)/b17-6-. The molecular formula is C14H13Cl2N5O3S. The summed E-state index contributed by atoms with van der Waals surface area (Å²) in [5.74, 6) is -0.516. The van der Waals surface area contributed by atoms with Crippen LogP contribution in [0.25, 0.3) is 0 Å². The van der Waals surface area contributed by atoms with Crippen LogP contribution in [0.2, 0.25) is 10.0 Å². The summed E-state index contributed by atoms with van der Waals surface area (Å²) in [6.45, 7) is 0. The number of carbonyl (C=O) groups is 1. The third-order valence-corrected chi connectivity index (χ3v) is 4.65. The summed E-state index contributed by atoms with van der Waals surface area (Å²) in [5.41, 5.74) is 1.89. The van der Waals surface area contributed by atoms with Crippen LogP contribution >= 0.6 is 35.0 Å². The number of aromatic nitrogens is 3. The number of nitrogens with zero attached hydrogens (tertiary/aromatic N) is 4. The molecule has 0 radical (unpaired) electrons. The molecule has 0 fully saturated rings. The van der Waals surface area contributed by atoms with Gasteiger partial charge >= 0.3 is 5.69 Å². The van der Waals surface area contributed by atoms with E-state index in [0.717, 1.165) is 21.0 Å². The molecule has 0 atom stereocenters. The van der Waals surface area contributed by atoms with Crippen molar-refractivity contribution >= 4 is 47.1 Å². The van der Waals surface area contributed by atoms with Crippen LogP contribution in [0, 0.1) is 0 Å². The Hall–Kier alpha value is -2.10. The second kappa shape index (κ2) is 8.32. The van der Waals surface area contributed by atoms with E-state index in [2.05, 4.69) is 15.6 Å². The molecule has 11 heteroatoms. The molecule has 1 amide bonds. The van der Waals surface area contributed by atoms with Crippen molar-refractivity contribution in [1.82, 2.24) is 19.8 Å². The predicted molar refractivity (Wildman–Crippen MR) is 97.6 cm³/mol. The summed E-state index contributed by atoms with van der Waals surface area (Å²) in [4.78, 5) is 35.2. The number of hydrogen-bond acceptors (Lipinski definition) is 6. The number of hydrazone groups is 1. The minimum absolute atomic E-state index is 0.0493. The van der Waals surface area contributed by atoms with Crippen molar-refractivity contribution in [1.29, 1.82) is 0 Å². The first kappa shape index (κ1) is 19.2. The molecule has 1 heterocycles. The van der Waals surface area contributed by atoms with E-state index in [4.69, 9.17) is 23.2 Å². The summed E-state index contributed by atoms with van der Waals surface area (Å²) in [6.07, 6.45) is 1.41. The zero-order valence-electron chi connectivity index (χ0n) is 13.2. The quantitative estimate of drug-likeness (QED) is 0.458. The van der Waals surface area contributed by atoms with Crippen LogP contribution in [0.4, 0.5) is 0 Å². The summed E-state index contributed by atoms with van der Waals surface area (Å²) in [6, 6.07) is 4.91. The van der Waals surface area contributed by atoms with Crippen LogP contribution in [0.3, 0.4) is 0 Å². The van der Waals surface area contributed by atoms with E-state index in [1.54, 1.807) is 18.2 Å². The summed E-state index contributed by atoms with van der Waals surface area (Å²) >= 11 is 12.6. The van der Waals surface area contributed by atoms with Gasteiger partial charge in [0.05, 0.1) is 22.0 Å². The van der Waals surface area contributed by atoms with Crippen molar-refractivity contribution in [3.8, 4) is 0 Å². The Balaban J connectivity index is 1.95. The number of halogens is 2. The molecule has 0 unspecified atom stereocenters. The highest BCUT2D eigenvalue weighted by Crippen LogP contribution is 2.21. The number of nitrogens with one attached hydrogen (secondary N) is 1. The molecule has 0 saturated carbocycles. The molecule has 0 bridgehead atoms. The SMILES string of the molecule is Cn1nc(SCC(=O)N/N=C\c2ccc(Cl)c(Cl)c2)c(=O)n(C)c1=O. The first-order valence-corrected chi connectivity index (χ1v) is 8.58. The van der Waals surface area contributed by atoms with E-state index in [-0.39, 0.29) is 10.8 Å². The van der Waals surface area contributed by atoms with Crippen LogP contribution in [-0.4, -0.2) is 32.2 Å². The predicted octanol–water partition coefficient (Wildman–Crippen LogP) is 1.03. The van der Waals surface area contributed by atoms with Gasteiger partial charge in [0.2, 0.25) is 5.91 Å². The van der Waals surface area contributed by atoms with Crippen LogP contribution in [-0.2, 0) is 18.9 Å². The molecule has 8 nitrogen and oxygen atoms in total. The van der Waals surface area contributed by atoms with E-state index in [1.165, 1.54) is 20.3 Å². The maximum absolute atomic E-state index is 11.9. The Bertz CT molecular complexity index is 954. The van der Waals surface area contributed by atoms with Gasteiger partial charge < -0.3 is 0 Å². The number of rotatable bonds is 5. The molecule has 25 heavy (non-hydrogen) atoms. The van der Waals surface area contributed by atoms with E-state index in [0.29, 0.717) is 15.6 Å². The minimum Gasteiger partial charge on any atom is -0.272 e. The van der Waals surface area contributed by atoms with E-state index < -0.39 is 17.2 Å². The Kier molecular flexibility index (Phi) is 6.40. The molecule has 132 valence electrons. The number of amides is 1. The number of aryl methyl sites for hydroxylation is 1. The molecule has 1 N–H and O–H groups in total. The highest BCUT2D eigenvalue weighted by Gasteiger charge is 2.11. The van der Waals surface area contributed by atoms with Gasteiger partial charge in [0, 0.05) is 14.1 Å². The highest BCUT2D eigenvalue weighted by atomic mass is 35.5. The Morgan fingerprint density at radius 1 is 1.32 bits per heavy atom. The van der Waals surface area contributed by atoms with Crippen molar-refractivity contribution in [3.63, 3.8) is 0 Å². The summed E-state index contributed by atoms with van der Waals surface area (Å²) < 4.78 is 1.96. The van der Waals surface area contributed by atoms with Crippen LogP contribution in [0.5, 0.6) is 0 Å². The van der Waals surface area contributed by atoms with Crippen molar-refractivity contribution < 1.29 is 4.79 Å². The second-order valence-electron chi connectivity index (χ2n) is 4.83. The van der Waals surface area contributed by atoms with Gasteiger partial charge in [0.1, 0.15) is 0 Å². The number of carbonyl (C=O) groups excluding carboxylic acids is 1. The van der Waals surface area contributed by atoms with E-state index in [1.807, 2.05) is 0 Å². The zero-order valence-corrected chi connectivity index (χ0v) is 15.5. The lowest BCUT2D eigenvalue weighted by Gasteiger charge is -2.04. The number of thioether (sulfide) groups is 1. The second-order valence-corrected chi connectivity index (χ2v) is 6.61. The number of hydrogen-bond donors (Lipinski definition) is 1. The van der Waals surface area contributed by atoms with Crippen molar-refractivity contribution in [2.75, 3.05) is 5.75 Å². The molecule has 2 aromatic rings. The summed E-state index contributed by atoms with van der Waals surface area (Å²) in [7, 11) is 2.77. The molecular weight excluding hydrogens is 389 g/mol. The highest BCUT2D eigenvalue weighted by molar-refractivity contribution is 7.99. The third-order valence-electron chi connectivity index (χ3n) is 2.98. The van der Waals surface area contributed by atoms with Gasteiger partial charge in [-0.2, -0.15) is 10.2 Å². The Labute approximate surface area is 156 Å². The Morgan fingerprint density at radius 2 is 2.04 bits per heavy atom. The number of benzene rings is 1. The van der Waals surface area contributed by atoms with Crippen LogP contribution in [0.15, 0.2) is 37.9 Å². The fraction of sp³-hybridized carbons (Fsp3) is 0.214. The smallest absolute Gasteiger partial charge is 0.272 e. The lowest BCUT2D eigenvalue weighted by Crippen LogP contribution is -2.39. The first-order chi connectivity index (χ1) is 11.8. The van der Waals surface area contributed by atoms with Crippen molar-refractivity contribution in [2.24, 2.45) is 19.2 Å². The molecule has 1 aromatic carbocycles. The Morgan fingerprint density at radius 3 is 2.72 bits per heavy atom. The molecule has 1 aromatic heterocycles. The van der Waals surface area contributed by atoms with Gasteiger partial charge in [-0.25, -0.2) is 14.9 Å². The minimum atomic E-state index is -0.555. The fourth-order valence-electron chi connectivity index (χ4n) is 1.70. The fourth-order valence-corrected chi connectivity index (χ4v) is 2.78. The van der Waals surface area contributed by atoms with E-state index >= 15 is 0 Å². The maximum Gasteiger partial charge on any atom is 0.346 e. The van der Waals surface area contributed by atoms with Gasteiger partial charge in [0.15, 0.2) is 5.03 Å². The molecule has 0 aliphatic rings. The lowest BCUT2D eigenvalue weighted by molar-refractivity contribution is -0.118. The largest absolute Gasteiger partial charge is 0.346 e.